The van der Waals surface area contributed by atoms with E-state index in [1.807, 2.05) is 37.3 Å². The van der Waals surface area contributed by atoms with E-state index >= 15 is 0 Å². The number of aryl methyl sites for hydroxylation is 1. The lowest BCUT2D eigenvalue weighted by Crippen LogP contribution is -2.14. The van der Waals surface area contributed by atoms with Crippen LogP contribution in [0, 0.1) is 18.3 Å². The van der Waals surface area contributed by atoms with Crippen molar-refractivity contribution in [2.45, 2.75) is 26.7 Å². The zero-order chi connectivity index (χ0) is 21.5. The number of nitrogen functional groups attached to an aromatic ring is 1. The van der Waals surface area contributed by atoms with Gasteiger partial charge in [-0.25, -0.2) is 0 Å². The normalized spacial score (nSPS) is 10.3. The Bertz CT molecular complexity index is 1100. The molecule has 0 radical (unpaired) electrons. The second-order valence-electron chi connectivity index (χ2n) is 7.08. The van der Waals surface area contributed by atoms with Gasteiger partial charge in [-0.3, -0.25) is 9.78 Å². The van der Waals surface area contributed by atoms with Crippen LogP contribution in [0.25, 0.3) is 11.3 Å². The minimum atomic E-state index is -0.235. The van der Waals surface area contributed by atoms with Crippen molar-refractivity contribution in [1.82, 2.24) is 4.98 Å². The van der Waals surface area contributed by atoms with E-state index in [0.717, 1.165) is 36.2 Å². The van der Waals surface area contributed by atoms with Crippen LogP contribution in [0.15, 0.2) is 54.7 Å². The Kier molecular flexibility index (Phi) is 6.66. The summed E-state index contributed by atoms with van der Waals surface area (Å²) in [5, 5.41) is 15.7. The van der Waals surface area contributed by atoms with Crippen LogP contribution in [0.5, 0.6) is 0 Å². The molecule has 0 saturated carbocycles. The number of anilines is 3. The number of benzene rings is 2. The average Bonchev–Trinajstić information content (AvgIpc) is 2.75. The van der Waals surface area contributed by atoms with Crippen LogP contribution in [-0.2, 0) is 0 Å². The van der Waals surface area contributed by atoms with E-state index < -0.39 is 0 Å². The summed E-state index contributed by atoms with van der Waals surface area (Å²) in [6.07, 6.45) is 3.89. The van der Waals surface area contributed by atoms with Crippen molar-refractivity contribution in [1.29, 1.82) is 5.26 Å². The van der Waals surface area contributed by atoms with E-state index in [1.54, 1.807) is 24.4 Å². The molecule has 1 amide bonds. The highest BCUT2D eigenvalue weighted by molar-refractivity contribution is 6.06. The van der Waals surface area contributed by atoms with Crippen molar-refractivity contribution in [3.8, 4) is 17.3 Å². The number of hydrogen-bond donors (Lipinski definition) is 3. The Morgan fingerprint density at radius 1 is 1.20 bits per heavy atom. The van der Waals surface area contributed by atoms with E-state index in [9.17, 15) is 10.1 Å². The van der Waals surface area contributed by atoms with Gasteiger partial charge in [0.15, 0.2) is 0 Å². The number of nitriles is 1. The molecule has 0 fully saturated rings. The standard InChI is InChI=1S/C24H25N5O/c1-3-4-11-27-19-13-18(14-25)23(28-15-19)17-9-10-20(16(2)12-17)24(30)29-22-8-6-5-7-21(22)26/h5-10,12-13,15,27H,3-4,11,26H2,1-2H3,(H,29,30). The number of aromatic nitrogens is 1. The molecular weight excluding hydrogens is 374 g/mol. The fourth-order valence-corrected chi connectivity index (χ4v) is 3.15. The summed E-state index contributed by atoms with van der Waals surface area (Å²) in [4.78, 5) is 17.2. The molecule has 0 aliphatic rings. The second kappa shape index (κ2) is 9.57. The molecule has 1 heterocycles. The summed E-state index contributed by atoms with van der Waals surface area (Å²) in [6, 6.07) is 16.6. The van der Waals surface area contributed by atoms with Gasteiger partial charge >= 0.3 is 0 Å². The Morgan fingerprint density at radius 2 is 2.00 bits per heavy atom. The molecule has 4 N–H and O–H groups in total. The SMILES string of the molecule is CCCCNc1cnc(-c2ccc(C(=O)Nc3ccccc3N)c(C)c2)c(C#N)c1. The van der Waals surface area contributed by atoms with Crippen molar-refractivity contribution in [2.24, 2.45) is 0 Å². The van der Waals surface area contributed by atoms with Crippen LogP contribution in [-0.4, -0.2) is 17.4 Å². The number of hydrogen-bond acceptors (Lipinski definition) is 5. The highest BCUT2D eigenvalue weighted by atomic mass is 16.1. The minimum Gasteiger partial charge on any atom is -0.397 e. The van der Waals surface area contributed by atoms with Crippen molar-refractivity contribution >= 4 is 23.0 Å². The Hall–Kier alpha value is -3.85. The fourth-order valence-electron chi connectivity index (χ4n) is 3.15. The molecule has 0 unspecified atom stereocenters. The number of pyridine rings is 1. The van der Waals surface area contributed by atoms with Crippen molar-refractivity contribution in [3.05, 3.63) is 71.4 Å². The number of carbonyl (C=O) groups excluding carboxylic acids is 1. The zero-order valence-electron chi connectivity index (χ0n) is 17.2. The van der Waals surface area contributed by atoms with Gasteiger partial charge in [-0.15, -0.1) is 0 Å². The predicted molar refractivity (Wildman–Crippen MR) is 121 cm³/mol. The molecule has 30 heavy (non-hydrogen) atoms. The number of para-hydroxylation sites is 2. The maximum Gasteiger partial charge on any atom is 0.255 e. The summed E-state index contributed by atoms with van der Waals surface area (Å²) >= 11 is 0. The topological polar surface area (TPSA) is 104 Å². The number of nitrogens with zero attached hydrogens (tertiary/aromatic N) is 2. The van der Waals surface area contributed by atoms with Crippen molar-refractivity contribution < 1.29 is 4.79 Å². The summed E-state index contributed by atoms with van der Waals surface area (Å²) in [6.45, 7) is 4.83. The molecule has 0 aliphatic heterocycles. The fraction of sp³-hybridized carbons (Fsp3) is 0.208. The molecular formula is C24H25N5O. The first-order valence-electron chi connectivity index (χ1n) is 9.94. The first kappa shape index (κ1) is 20.9. The lowest BCUT2D eigenvalue weighted by atomic mass is 10.00. The zero-order valence-corrected chi connectivity index (χ0v) is 17.2. The summed E-state index contributed by atoms with van der Waals surface area (Å²) in [7, 11) is 0. The molecule has 0 atom stereocenters. The van der Waals surface area contributed by atoms with Gasteiger partial charge in [0, 0.05) is 17.7 Å². The molecule has 3 aromatic rings. The van der Waals surface area contributed by atoms with Gasteiger partial charge in [-0.05, 0) is 49.2 Å². The van der Waals surface area contributed by atoms with Gasteiger partial charge in [-0.1, -0.05) is 31.5 Å². The Balaban J connectivity index is 1.83. The van der Waals surface area contributed by atoms with Crippen molar-refractivity contribution in [3.63, 3.8) is 0 Å². The molecule has 1 aromatic heterocycles. The number of rotatable bonds is 7. The average molecular weight is 399 g/mol. The van der Waals surface area contributed by atoms with Gasteiger partial charge in [0.05, 0.1) is 34.5 Å². The quantitative estimate of drug-likeness (QED) is 0.384. The first-order valence-corrected chi connectivity index (χ1v) is 9.94. The Morgan fingerprint density at radius 3 is 2.70 bits per heavy atom. The summed E-state index contributed by atoms with van der Waals surface area (Å²) in [5.74, 6) is -0.235. The van der Waals surface area contributed by atoms with E-state index in [2.05, 4.69) is 28.6 Å². The molecule has 6 heteroatoms. The highest BCUT2D eigenvalue weighted by Gasteiger charge is 2.14. The maximum absolute atomic E-state index is 12.7. The molecule has 0 aliphatic carbocycles. The van der Waals surface area contributed by atoms with Crippen molar-refractivity contribution in [2.75, 3.05) is 22.9 Å². The molecule has 6 nitrogen and oxygen atoms in total. The molecule has 152 valence electrons. The monoisotopic (exact) mass is 399 g/mol. The maximum atomic E-state index is 12.7. The number of unbranched alkanes of at least 4 members (excludes halogenated alkanes) is 1. The predicted octanol–water partition coefficient (Wildman–Crippen LogP) is 4.98. The van der Waals surface area contributed by atoms with Crippen LogP contribution in [0.1, 0.15) is 41.3 Å². The van der Waals surface area contributed by atoms with Crippen LogP contribution in [0.3, 0.4) is 0 Å². The second-order valence-corrected chi connectivity index (χ2v) is 7.08. The molecule has 0 saturated heterocycles. The van der Waals surface area contributed by atoms with Crippen LogP contribution in [0.4, 0.5) is 17.1 Å². The summed E-state index contributed by atoms with van der Waals surface area (Å²) < 4.78 is 0. The molecule has 3 rings (SSSR count). The third kappa shape index (κ3) is 4.76. The third-order valence-corrected chi connectivity index (χ3v) is 4.82. The molecule has 0 spiro atoms. The van der Waals surface area contributed by atoms with Crippen LogP contribution in [0.2, 0.25) is 0 Å². The lowest BCUT2D eigenvalue weighted by molar-refractivity contribution is 0.102. The van der Waals surface area contributed by atoms with Gasteiger partial charge in [0.25, 0.3) is 5.91 Å². The van der Waals surface area contributed by atoms with Gasteiger partial charge in [0.2, 0.25) is 0 Å². The smallest absolute Gasteiger partial charge is 0.255 e. The molecule has 0 bridgehead atoms. The molecule has 2 aromatic carbocycles. The van der Waals surface area contributed by atoms with E-state index in [-0.39, 0.29) is 5.91 Å². The lowest BCUT2D eigenvalue weighted by Gasteiger charge is -2.12. The van der Waals surface area contributed by atoms with Crippen LogP contribution >= 0.6 is 0 Å². The Labute approximate surface area is 176 Å². The van der Waals surface area contributed by atoms with Gasteiger partial charge in [-0.2, -0.15) is 5.26 Å². The van der Waals surface area contributed by atoms with Crippen LogP contribution < -0.4 is 16.4 Å². The van der Waals surface area contributed by atoms with Gasteiger partial charge < -0.3 is 16.4 Å². The minimum absolute atomic E-state index is 0.235. The van der Waals surface area contributed by atoms with E-state index in [1.165, 1.54) is 0 Å². The number of amides is 1. The number of nitrogens with two attached hydrogens (primary N) is 1. The van der Waals surface area contributed by atoms with E-state index in [4.69, 9.17) is 5.73 Å². The first-order chi connectivity index (χ1) is 14.5. The number of carbonyl (C=O) groups is 1. The summed E-state index contributed by atoms with van der Waals surface area (Å²) in [5.41, 5.74) is 11.0. The number of nitrogens with one attached hydrogen (secondary N) is 2. The van der Waals surface area contributed by atoms with E-state index in [0.29, 0.717) is 28.2 Å². The van der Waals surface area contributed by atoms with Gasteiger partial charge in [0.1, 0.15) is 6.07 Å². The third-order valence-electron chi connectivity index (χ3n) is 4.82. The highest BCUT2D eigenvalue weighted by Crippen LogP contribution is 2.26. The largest absolute Gasteiger partial charge is 0.397 e.